The highest BCUT2D eigenvalue weighted by Gasteiger charge is 2.43. The number of pyridine rings is 1. The van der Waals surface area contributed by atoms with Gasteiger partial charge in [-0.2, -0.15) is 0 Å². The molecule has 0 N–H and O–H groups in total. The molecule has 0 radical (unpaired) electrons. The Morgan fingerprint density at radius 3 is 1.88 bits per heavy atom. The SMILES string of the molecule is C1=CC(c2cccc(-n3c4ccccc4c4c5ccccc5cnc43)c2)CC([Si](c2ccccc2)(c2ccccc2)c2ccccc2)=C1. The quantitative estimate of drug-likeness (QED) is 0.132. The van der Waals surface area contributed by atoms with Crippen LogP contribution in [0.5, 0.6) is 0 Å². The van der Waals surface area contributed by atoms with E-state index in [1.807, 2.05) is 6.20 Å². The van der Waals surface area contributed by atoms with E-state index in [4.69, 9.17) is 4.98 Å². The van der Waals surface area contributed by atoms with Crippen LogP contribution in [-0.4, -0.2) is 17.6 Å². The number of hydrogen-bond acceptors (Lipinski definition) is 1. The summed E-state index contributed by atoms with van der Waals surface area (Å²) >= 11 is 0. The topological polar surface area (TPSA) is 17.8 Å². The summed E-state index contributed by atoms with van der Waals surface area (Å²) in [6.45, 7) is 0. The molecule has 0 saturated heterocycles. The molecular weight excluding hydrogens is 597 g/mol. The van der Waals surface area contributed by atoms with Gasteiger partial charge in [0.25, 0.3) is 0 Å². The lowest BCUT2D eigenvalue weighted by atomic mass is 9.92. The summed E-state index contributed by atoms with van der Waals surface area (Å²) in [4.78, 5) is 5.06. The van der Waals surface area contributed by atoms with E-state index in [1.54, 1.807) is 0 Å². The van der Waals surface area contributed by atoms with E-state index in [1.165, 1.54) is 48.0 Å². The smallest absolute Gasteiger partial charge is 0.175 e. The Morgan fingerprint density at radius 1 is 0.583 bits per heavy atom. The van der Waals surface area contributed by atoms with Crippen molar-refractivity contribution in [2.24, 2.45) is 0 Å². The van der Waals surface area contributed by atoms with Gasteiger partial charge in [0.15, 0.2) is 8.07 Å². The summed E-state index contributed by atoms with van der Waals surface area (Å²) in [7, 11) is -2.57. The summed E-state index contributed by atoms with van der Waals surface area (Å²) in [6, 6.07) is 60.1. The van der Waals surface area contributed by atoms with E-state index < -0.39 is 8.07 Å². The molecule has 3 heteroatoms. The van der Waals surface area contributed by atoms with Crippen molar-refractivity contribution in [2.45, 2.75) is 12.3 Å². The zero-order valence-electron chi connectivity index (χ0n) is 26.6. The van der Waals surface area contributed by atoms with Crippen LogP contribution in [-0.2, 0) is 0 Å². The molecule has 2 heterocycles. The molecular formula is C45H34N2Si. The van der Waals surface area contributed by atoms with Crippen LogP contribution in [0.4, 0.5) is 0 Å². The van der Waals surface area contributed by atoms with Gasteiger partial charge in [-0.25, -0.2) is 4.98 Å². The molecule has 0 fully saturated rings. The Hall–Kier alpha value is -5.77. The zero-order chi connectivity index (χ0) is 31.9. The van der Waals surface area contributed by atoms with E-state index in [9.17, 15) is 0 Å². The van der Waals surface area contributed by atoms with Crippen LogP contribution in [0.1, 0.15) is 17.9 Å². The van der Waals surface area contributed by atoms with Crippen molar-refractivity contribution < 1.29 is 0 Å². The third kappa shape index (κ3) is 4.50. The largest absolute Gasteiger partial charge is 0.294 e. The Balaban J connectivity index is 1.19. The van der Waals surface area contributed by atoms with Crippen LogP contribution in [0, 0.1) is 0 Å². The van der Waals surface area contributed by atoms with Gasteiger partial charge in [-0.15, -0.1) is 0 Å². The predicted molar refractivity (Wildman–Crippen MR) is 205 cm³/mol. The highest BCUT2D eigenvalue weighted by Crippen LogP contribution is 2.38. The van der Waals surface area contributed by atoms with Crippen molar-refractivity contribution in [3.05, 3.63) is 199 Å². The number of hydrogen-bond donors (Lipinski definition) is 0. The molecule has 6 aromatic carbocycles. The molecule has 1 aliphatic rings. The second kappa shape index (κ2) is 11.8. The van der Waals surface area contributed by atoms with E-state index in [2.05, 4.69) is 187 Å². The summed E-state index contributed by atoms with van der Waals surface area (Å²) < 4.78 is 2.35. The molecule has 2 aromatic heterocycles. The minimum atomic E-state index is -2.57. The molecule has 2 nitrogen and oxygen atoms in total. The third-order valence-electron chi connectivity index (χ3n) is 10.1. The van der Waals surface area contributed by atoms with Crippen molar-refractivity contribution in [2.75, 3.05) is 0 Å². The number of fused-ring (bicyclic) bond motifs is 5. The Bertz CT molecular complexity index is 2380. The van der Waals surface area contributed by atoms with Gasteiger partial charge in [-0.1, -0.05) is 169 Å². The van der Waals surface area contributed by atoms with Crippen LogP contribution >= 0.6 is 0 Å². The lowest BCUT2D eigenvalue weighted by Gasteiger charge is -2.38. The number of rotatable bonds is 6. The fourth-order valence-electron chi connectivity index (χ4n) is 8.04. The Kier molecular flexibility index (Phi) is 6.99. The molecule has 9 rings (SSSR count). The number of nitrogens with zero attached hydrogens (tertiary/aromatic N) is 2. The van der Waals surface area contributed by atoms with Crippen LogP contribution < -0.4 is 15.6 Å². The zero-order valence-corrected chi connectivity index (χ0v) is 27.6. The molecule has 0 aliphatic heterocycles. The average Bonchev–Trinajstić information content (AvgIpc) is 3.52. The monoisotopic (exact) mass is 630 g/mol. The van der Waals surface area contributed by atoms with Crippen LogP contribution in [0.25, 0.3) is 38.4 Å². The minimum absolute atomic E-state index is 0.245. The number of aromatic nitrogens is 2. The predicted octanol–water partition coefficient (Wildman–Crippen LogP) is 9.01. The van der Waals surface area contributed by atoms with Crippen molar-refractivity contribution in [1.82, 2.24) is 9.55 Å². The highest BCUT2D eigenvalue weighted by molar-refractivity contribution is 7.16. The molecule has 1 aliphatic carbocycles. The van der Waals surface area contributed by atoms with E-state index >= 15 is 0 Å². The molecule has 0 bridgehead atoms. The van der Waals surface area contributed by atoms with Gasteiger partial charge in [-0.3, -0.25) is 4.57 Å². The molecule has 0 spiro atoms. The Morgan fingerprint density at radius 2 is 1.19 bits per heavy atom. The van der Waals surface area contributed by atoms with E-state index in [0.29, 0.717) is 0 Å². The molecule has 0 amide bonds. The summed E-state index contributed by atoms with van der Waals surface area (Å²) in [5, 5.41) is 10.6. The fraction of sp³-hybridized carbons (Fsp3) is 0.0444. The van der Waals surface area contributed by atoms with E-state index in [-0.39, 0.29) is 5.92 Å². The Labute approximate surface area is 282 Å². The standard InChI is InChI=1S/C45H34N2Si/c1-4-20-37(21-5-1)48(38-22-6-2-7-23-38,39-24-8-3-9-25-39)40-26-15-18-34(31-40)33-17-14-19-36(30-33)47-43-29-13-12-28-42(43)44-41-27-11-10-16-35(41)32-46-45(44)47/h1-30,32,34H,31H2. The maximum absolute atomic E-state index is 5.06. The van der Waals surface area contributed by atoms with Gasteiger partial charge in [-0.05, 0) is 51.1 Å². The first-order valence-corrected chi connectivity index (χ1v) is 18.7. The average molecular weight is 631 g/mol. The second-order valence-electron chi connectivity index (χ2n) is 12.7. The van der Waals surface area contributed by atoms with Crippen LogP contribution in [0.3, 0.4) is 0 Å². The van der Waals surface area contributed by atoms with Crippen molar-refractivity contribution in [1.29, 1.82) is 0 Å². The van der Waals surface area contributed by atoms with Gasteiger partial charge in [0.1, 0.15) is 5.65 Å². The summed E-state index contributed by atoms with van der Waals surface area (Å²) in [5.74, 6) is 0.245. The first kappa shape index (κ1) is 28.4. The van der Waals surface area contributed by atoms with Gasteiger partial charge >= 0.3 is 0 Å². The molecule has 1 unspecified atom stereocenters. The molecule has 0 saturated carbocycles. The third-order valence-corrected chi connectivity index (χ3v) is 15.1. The second-order valence-corrected chi connectivity index (χ2v) is 16.6. The number of para-hydroxylation sites is 1. The highest BCUT2D eigenvalue weighted by atomic mass is 28.3. The summed E-state index contributed by atoms with van der Waals surface area (Å²) in [6.07, 6.45) is 10.1. The van der Waals surface area contributed by atoms with E-state index in [0.717, 1.165) is 23.1 Å². The van der Waals surface area contributed by atoms with Crippen molar-refractivity contribution in [3.63, 3.8) is 0 Å². The maximum Gasteiger partial charge on any atom is 0.175 e. The van der Waals surface area contributed by atoms with Crippen LogP contribution in [0.2, 0.25) is 0 Å². The van der Waals surface area contributed by atoms with Gasteiger partial charge in [0.05, 0.1) is 5.52 Å². The van der Waals surface area contributed by atoms with Gasteiger partial charge in [0, 0.05) is 34.0 Å². The molecule has 1 atom stereocenters. The normalized spacial score (nSPS) is 14.8. The first-order valence-electron chi connectivity index (χ1n) is 16.7. The summed E-state index contributed by atoms with van der Waals surface area (Å²) in [5.41, 5.74) is 4.63. The van der Waals surface area contributed by atoms with Crippen molar-refractivity contribution in [3.8, 4) is 5.69 Å². The van der Waals surface area contributed by atoms with Gasteiger partial charge in [0.2, 0.25) is 0 Å². The lowest BCUT2D eigenvalue weighted by molar-refractivity contribution is 0.836. The first-order chi connectivity index (χ1) is 23.8. The number of benzene rings is 6. The maximum atomic E-state index is 5.06. The number of allylic oxidation sites excluding steroid dienone is 4. The van der Waals surface area contributed by atoms with Gasteiger partial charge < -0.3 is 0 Å². The van der Waals surface area contributed by atoms with Crippen LogP contribution in [0.15, 0.2) is 193 Å². The molecule has 8 aromatic rings. The lowest BCUT2D eigenvalue weighted by Crippen LogP contribution is -2.68. The van der Waals surface area contributed by atoms with Crippen molar-refractivity contribution >= 4 is 56.3 Å². The fourth-order valence-corrected chi connectivity index (χ4v) is 13.1. The molecule has 48 heavy (non-hydrogen) atoms. The minimum Gasteiger partial charge on any atom is -0.294 e. The molecule has 228 valence electrons.